The number of carbonyl (C=O) groups excluding carboxylic acids is 2. The summed E-state index contributed by atoms with van der Waals surface area (Å²) in [6.45, 7) is 1.22. The van der Waals surface area contributed by atoms with E-state index in [9.17, 15) is 9.59 Å². The molecule has 0 aromatic heterocycles. The minimum absolute atomic E-state index is 0.167. The fourth-order valence-corrected chi connectivity index (χ4v) is 2.18. The van der Waals surface area contributed by atoms with Gasteiger partial charge in [0, 0.05) is 5.02 Å². The molecule has 126 valence electrons. The summed E-state index contributed by atoms with van der Waals surface area (Å²) in [5, 5.41) is 3.27. The number of rotatable bonds is 7. The van der Waals surface area contributed by atoms with Gasteiger partial charge in [0.2, 0.25) is 0 Å². The highest BCUT2D eigenvalue weighted by Gasteiger charge is 2.12. The molecule has 2 rings (SSSR count). The molecule has 0 saturated heterocycles. The SMILES string of the molecule is C[C@H](NC(=O)COC(=O)COc1cccc(Cl)c1)c1ccccc1. The summed E-state index contributed by atoms with van der Waals surface area (Å²) in [5.41, 5.74) is 0.974. The van der Waals surface area contributed by atoms with E-state index >= 15 is 0 Å². The predicted octanol–water partition coefficient (Wildman–Crippen LogP) is 3.14. The van der Waals surface area contributed by atoms with Gasteiger partial charge >= 0.3 is 5.97 Å². The van der Waals surface area contributed by atoms with Crippen LogP contribution in [-0.4, -0.2) is 25.1 Å². The first kappa shape index (κ1) is 17.8. The van der Waals surface area contributed by atoms with E-state index in [-0.39, 0.29) is 25.2 Å². The quantitative estimate of drug-likeness (QED) is 0.781. The van der Waals surface area contributed by atoms with Crippen molar-refractivity contribution in [3.63, 3.8) is 0 Å². The van der Waals surface area contributed by atoms with Crippen molar-refractivity contribution >= 4 is 23.5 Å². The van der Waals surface area contributed by atoms with Crippen LogP contribution in [0.3, 0.4) is 0 Å². The van der Waals surface area contributed by atoms with Crippen molar-refractivity contribution in [2.24, 2.45) is 0 Å². The molecule has 0 aliphatic rings. The Morgan fingerprint density at radius 3 is 2.54 bits per heavy atom. The molecule has 6 heteroatoms. The zero-order valence-corrected chi connectivity index (χ0v) is 14.0. The van der Waals surface area contributed by atoms with E-state index in [1.807, 2.05) is 37.3 Å². The topological polar surface area (TPSA) is 64.6 Å². The number of hydrogen-bond donors (Lipinski definition) is 1. The molecule has 1 amide bonds. The summed E-state index contributed by atoms with van der Waals surface area (Å²) >= 11 is 5.81. The van der Waals surface area contributed by atoms with Crippen LogP contribution in [0, 0.1) is 0 Å². The van der Waals surface area contributed by atoms with Crippen LogP contribution in [0.5, 0.6) is 5.75 Å². The largest absolute Gasteiger partial charge is 0.482 e. The van der Waals surface area contributed by atoms with Crippen LogP contribution in [0.2, 0.25) is 5.02 Å². The molecule has 0 spiro atoms. The summed E-state index contributed by atoms with van der Waals surface area (Å²) in [7, 11) is 0. The molecule has 2 aromatic rings. The lowest BCUT2D eigenvalue weighted by molar-refractivity contribution is -0.150. The van der Waals surface area contributed by atoms with Crippen LogP contribution < -0.4 is 10.1 Å². The summed E-state index contributed by atoms with van der Waals surface area (Å²) in [4.78, 5) is 23.4. The molecule has 0 aliphatic carbocycles. The van der Waals surface area contributed by atoms with E-state index in [1.54, 1.807) is 24.3 Å². The number of benzene rings is 2. The fourth-order valence-electron chi connectivity index (χ4n) is 1.99. The highest BCUT2D eigenvalue weighted by atomic mass is 35.5. The number of hydrogen-bond acceptors (Lipinski definition) is 4. The van der Waals surface area contributed by atoms with Crippen LogP contribution in [0.1, 0.15) is 18.5 Å². The lowest BCUT2D eigenvalue weighted by Gasteiger charge is -2.14. The average Bonchev–Trinajstić information content (AvgIpc) is 2.59. The molecule has 24 heavy (non-hydrogen) atoms. The number of halogens is 1. The highest BCUT2D eigenvalue weighted by Crippen LogP contribution is 2.17. The molecule has 0 radical (unpaired) electrons. The third kappa shape index (κ3) is 5.93. The van der Waals surface area contributed by atoms with Gasteiger partial charge in [-0.2, -0.15) is 0 Å². The first-order valence-electron chi connectivity index (χ1n) is 7.43. The predicted molar refractivity (Wildman–Crippen MR) is 90.9 cm³/mol. The summed E-state index contributed by atoms with van der Waals surface area (Å²) in [5.74, 6) is -0.540. The highest BCUT2D eigenvalue weighted by molar-refractivity contribution is 6.30. The fraction of sp³-hybridized carbons (Fsp3) is 0.222. The molecule has 1 atom stereocenters. The molecule has 0 unspecified atom stereocenters. The van der Waals surface area contributed by atoms with Crippen molar-refractivity contribution in [1.82, 2.24) is 5.32 Å². The van der Waals surface area contributed by atoms with E-state index < -0.39 is 5.97 Å². The first-order chi connectivity index (χ1) is 11.5. The Kier molecular flexibility index (Phi) is 6.63. The van der Waals surface area contributed by atoms with Gasteiger partial charge in [0.25, 0.3) is 5.91 Å². The second-order valence-electron chi connectivity index (χ2n) is 5.11. The Morgan fingerprint density at radius 2 is 1.83 bits per heavy atom. The molecule has 5 nitrogen and oxygen atoms in total. The number of carbonyl (C=O) groups is 2. The molecule has 0 saturated carbocycles. The lowest BCUT2D eigenvalue weighted by Crippen LogP contribution is -2.31. The summed E-state index contributed by atoms with van der Waals surface area (Å²) in [6.07, 6.45) is 0. The maximum Gasteiger partial charge on any atom is 0.344 e. The molecular weight excluding hydrogens is 330 g/mol. The smallest absolute Gasteiger partial charge is 0.344 e. The van der Waals surface area contributed by atoms with Gasteiger partial charge < -0.3 is 14.8 Å². The normalized spacial score (nSPS) is 11.4. The summed E-state index contributed by atoms with van der Waals surface area (Å²) < 4.78 is 10.1. The van der Waals surface area contributed by atoms with Gasteiger partial charge in [-0.3, -0.25) is 4.79 Å². The monoisotopic (exact) mass is 347 g/mol. The van der Waals surface area contributed by atoms with Gasteiger partial charge in [-0.05, 0) is 30.7 Å². The van der Waals surface area contributed by atoms with Gasteiger partial charge in [0.15, 0.2) is 13.2 Å². The molecule has 0 bridgehead atoms. The van der Waals surface area contributed by atoms with Crippen molar-refractivity contribution in [3.8, 4) is 5.75 Å². The average molecular weight is 348 g/mol. The molecular formula is C18H18ClNO4. The van der Waals surface area contributed by atoms with Crippen LogP contribution in [-0.2, 0) is 14.3 Å². The van der Waals surface area contributed by atoms with Crippen molar-refractivity contribution in [3.05, 3.63) is 65.2 Å². The third-order valence-electron chi connectivity index (χ3n) is 3.19. The Balaban J connectivity index is 1.70. The molecule has 0 aliphatic heterocycles. The van der Waals surface area contributed by atoms with Crippen LogP contribution in [0.4, 0.5) is 0 Å². The lowest BCUT2D eigenvalue weighted by atomic mass is 10.1. The second kappa shape index (κ2) is 8.93. The van der Waals surface area contributed by atoms with E-state index in [0.717, 1.165) is 5.56 Å². The maximum absolute atomic E-state index is 11.8. The molecule has 0 fully saturated rings. The van der Waals surface area contributed by atoms with Crippen molar-refractivity contribution < 1.29 is 19.1 Å². The van der Waals surface area contributed by atoms with Crippen molar-refractivity contribution in [1.29, 1.82) is 0 Å². The van der Waals surface area contributed by atoms with Crippen LogP contribution >= 0.6 is 11.6 Å². The van der Waals surface area contributed by atoms with Gasteiger partial charge in [0.05, 0.1) is 6.04 Å². The van der Waals surface area contributed by atoms with E-state index in [2.05, 4.69) is 5.32 Å². The van der Waals surface area contributed by atoms with Crippen molar-refractivity contribution in [2.75, 3.05) is 13.2 Å². The Morgan fingerprint density at radius 1 is 1.08 bits per heavy atom. The van der Waals surface area contributed by atoms with E-state index in [4.69, 9.17) is 21.1 Å². The van der Waals surface area contributed by atoms with Crippen molar-refractivity contribution in [2.45, 2.75) is 13.0 Å². The van der Waals surface area contributed by atoms with Gasteiger partial charge in [-0.15, -0.1) is 0 Å². The Hall–Kier alpha value is -2.53. The summed E-state index contributed by atoms with van der Waals surface area (Å²) in [6, 6.07) is 16.0. The number of nitrogens with one attached hydrogen (secondary N) is 1. The number of esters is 1. The molecule has 1 N–H and O–H groups in total. The second-order valence-corrected chi connectivity index (χ2v) is 5.54. The minimum atomic E-state index is -0.627. The zero-order chi connectivity index (χ0) is 17.4. The van der Waals surface area contributed by atoms with Gasteiger partial charge in [0.1, 0.15) is 5.75 Å². The van der Waals surface area contributed by atoms with Gasteiger partial charge in [-0.25, -0.2) is 4.79 Å². The van der Waals surface area contributed by atoms with Crippen LogP contribution in [0.15, 0.2) is 54.6 Å². The maximum atomic E-state index is 11.8. The Bertz CT molecular complexity index is 690. The standard InChI is InChI=1S/C18H18ClNO4/c1-13(14-6-3-2-4-7-14)20-17(21)11-24-18(22)12-23-16-9-5-8-15(19)10-16/h2-10,13H,11-12H2,1H3,(H,20,21)/t13-/m0/s1. The van der Waals surface area contributed by atoms with Crippen LogP contribution in [0.25, 0.3) is 0 Å². The van der Waals surface area contributed by atoms with E-state index in [0.29, 0.717) is 10.8 Å². The number of amides is 1. The first-order valence-corrected chi connectivity index (χ1v) is 7.80. The molecule has 2 aromatic carbocycles. The zero-order valence-electron chi connectivity index (χ0n) is 13.2. The van der Waals surface area contributed by atoms with E-state index in [1.165, 1.54) is 0 Å². The molecule has 0 heterocycles. The minimum Gasteiger partial charge on any atom is -0.482 e. The van der Waals surface area contributed by atoms with Gasteiger partial charge in [-0.1, -0.05) is 48.0 Å². The number of ether oxygens (including phenoxy) is 2. The Labute approximate surface area is 145 Å². The third-order valence-corrected chi connectivity index (χ3v) is 3.43.